The summed E-state index contributed by atoms with van der Waals surface area (Å²) in [7, 11) is 0. The van der Waals surface area contributed by atoms with E-state index in [2.05, 4.69) is 23.3 Å². The van der Waals surface area contributed by atoms with Crippen LogP contribution >= 0.6 is 0 Å². The van der Waals surface area contributed by atoms with Crippen LogP contribution in [-0.4, -0.2) is 4.98 Å². The van der Waals surface area contributed by atoms with Gasteiger partial charge in [0, 0.05) is 11.8 Å². The Hall–Kier alpha value is -0.890. The molecule has 2 rings (SSSR count). The maximum absolute atomic E-state index is 4.33. The van der Waals surface area contributed by atoms with Gasteiger partial charge in [-0.15, -0.1) is 0 Å². The lowest BCUT2D eigenvalue weighted by Gasteiger charge is -1.93. The minimum atomic E-state index is 1.07. The lowest BCUT2D eigenvalue weighted by Crippen LogP contribution is -2.77. The predicted octanol–water partition coefficient (Wildman–Crippen LogP) is -0.0330. The number of aryl methyl sites for hydroxylation is 1. The van der Waals surface area contributed by atoms with Gasteiger partial charge in [-0.25, -0.2) is 0 Å². The third kappa shape index (κ3) is 0.809. The van der Waals surface area contributed by atoms with Gasteiger partial charge >= 0.3 is 0 Å². The van der Waals surface area contributed by atoms with Gasteiger partial charge in [0.2, 0.25) is 0 Å². The first-order valence-electron chi connectivity index (χ1n) is 3.62. The number of rotatable bonds is 0. The standard InChI is InChI=1S/C8H10N2/c1-6-2-7-4-9-5-8(7)10-3-6/h2-3,9H,4-5H2,1H3/p+1. The van der Waals surface area contributed by atoms with Gasteiger partial charge in [-0.3, -0.25) is 4.98 Å². The first-order chi connectivity index (χ1) is 4.86. The largest absolute Gasteiger partial charge is 0.337 e. The smallest absolute Gasteiger partial charge is 0.119 e. The Morgan fingerprint density at radius 1 is 1.50 bits per heavy atom. The summed E-state index contributed by atoms with van der Waals surface area (Å²) in [6, 6.07) is 2.23. The minimum absolute atomic E-state index is 1.07. The van der Waals surface area contributed by atoms with Gasteiger partial charge in [0.15, 0.2) is 0 Å². The Morgan fingerprint density at radius 3 is 3.30 bits per heavy atom. The van der Waals surface area contributed by atoms with Gasteiger partial charge in [0.25, 0.3) is 0 Å². The molecule has 0 saturated carbocycles. The van der Waals surface area contributed by atoms with E-state index in [1.165, 1.54) is 16.8 Å². The number of nitrogens with two attached hydrogens (primary N) is 1. The molecular formula is C8H11N2+. The number of aromatic nitrogens is 1. The van der Waals surface area contributed by atoms with Crippen molar-refractivity contribution in [1.82, 2.24) is 4.98 Å². The van der Waals surface area contributed by atoms with Crippen LogP contribution in [0, 0.1) is 6.92 Å². The highest BCUT2D eigenvalue weighted by Gasteiger charge is 2.13. The Bertz CT molecular complexity index is 255. The van der Waals surface area contributed by atoms with Crippen LogP contribution in [0.5, 0.6) is 0 Å². The van der Waals surface area contributed by atoms with Crippen molar-refractivity contribution in [1.29, 1.82) is 0 Å². The topological polar surface area (TPSA) is 29.5 Å². The van der Waals surface area contributed by atoms with E-state index in [1.807, 2.05) is 6.20 Å². The van der Waals surface area contributed by atoms with Crippen LogP contribution in [0.2, 0.25) is 0 Å². The van der Waals surface area contributed by atoms with Crippen molar-refractivity contribution in [3.63, 3.8) is 0 Å². The van der Waals surface area contributed by atoms with Crippen LogP contribution < -0.4 is 5.32 Å². The quantitative estimate of drug-likeness (QED) is 0.531. The molecule has 52 valence electrons. The van der Waals surface area contributed by atoms with E-state index in [-0.39, 0.29) is 0 Å². The summed E-state index contributed by atoms with van der Waals surface area (Å²) in [6.45, 7) is 4.27. The molecule has 0 saturated heterocycles. The molecule has 1 aliphatic heterocycles. The monoisotopic (exact) mass is 135 g/mol. The minimum Gasteiger partial charge on any atom is -0.337 e. The average Bonchev–Trinajstić information content (AvgIpc) is 2.33. The van der Waals surface area contributed by atoms with E-state index in [0.717, 1.165) is 13.1 Å². The zero-order valence-electron chi connectivity index (χ0n) is 6.09. The molecule has 0 bridgehead atoms. The van der Waals surface area contributed by atoms with Gasteiger partial charge < -0.3 is 5.32 Å². The number of quaternary nitrogens is 1. The van der Waals surface area contributed by atoms with Crippen molar-refractivity contribution >= 4 is 0 Å². The maximum atomic E-state index is 4.33. The van der Waals surface area contributed by atoms with Gasteiger partial charge in [-0.2, -0.15) is 0 Å². The molecule has 1 aliphatic rings. The highest BCUT2D eigenvalue weighted by Crippen LogP contribution is 2.08. The van der Waals surface area contributed by atoms with E-state index in [4.69, 9.17) is 0 Å². The maximum Gasteiger partial charge on any atom is 0.119 e. The highest BCUT2D eigenvalue weighted by molar-refractivity contribution is 5.24. The first kappa shape index (κ1) is 5.86. The zero-order valence-corrected chi connectivity index (χ0v) is 6.09. The highest BCUT2D eigenvalue weighted by atomic mass is 14.9. The van der Waals surface area contributed by atoms with Crippen LogP contribution in [0.4, 0.5) is 0 Å². The molecule has 2 heteroatoms. The van der Waals surface area contributed by atoms with Crippen molar-refractivity contribution in [3.05, 3.63) is 29.1 Å². The van der Waals surface area contributed by atoms with Crippen LogP contribution in [0.3, 0.4) is 0 Å². The Morgan fingerprint density at radius 2 is 2.40 bits per heavy atom. The number of hydrogen-bond acceptors (Lipinski definition) is 1. The Kier molecular flexibility index (Phi) is 1.21. The van der Waals surface area contributed by atoms with Crippen LogP contribution in [0.15, 0.2) is 12.3 Å². The van der Waals surface area contributed by atoms with Crippen molar-refractivity contribution < 1.29 is 5.32 Å². The molecular weight excluding hydrogens is 124 g/mol. The lowest BCUT2D eigenvalue weighted by molar-refractivity contribution is -0.676. The second kappa shape index (κ2) is 2.06. The third-order valence-electron chi connectivity index (χ3n) is 1.90. The predicted molar refractivity (Wildman–Crippen MR) is 38.3 cm³/mol. The molecule has 0 fully saturated rings. The second-order valence-corrected chi connectivity index (χ2v) is 2.82. The van der Waals surface area contributed by atoms with Crippen molar-refractivity contribution in [3.8, 4) is 0 Å². The number of fused-ring (bicyclic) bond motifs is 1. The molecule has 0 spiro atoms. The van der Waals surface area contributed by atoms with E-state index in [1.54, 1.807) is 0 Å². The molecule has 2 heterocycles. The molecule has 0 aliphatic carbocycles. The zero-order chi connectivity index (χ0) is 6.97. The van der Waals surface area contributed by atoms with Gasteiger partial charge in [0.1, 0.15) is 18.8 Å². The SMILES string of the molecule is Cc1cnc2c(c1)C[NH2+]C2. The van der Waals surface area contributed by atoms with Gasteiger partial charge in [0.05, 0.1) is 0 Å². The third-order valence-corrected chi connectivity index (χ3v) is 1.90. The molecule has 2 nitrogen and oxygen atoms in total. The fourth-order valence-corrected chi connectivity index (χ4v) is 1.38. The summed E-state index contributed by atoms with van der Waals surface area (Å²) in [6.07, 6.45) is 1.94. The summed E-state index contributed by atoms with van der Waals surface area (Å²) in [5.74, 6) is 0. The molecule has 0 unspecified atom stereocenters. The molecule has 10 heavy (non-hydrogen) atoms. The van der Waals surface area contributed by atoms with E-state index in [0.29, 0.717) is 0 Å². The van der Waals surface area contributed by atoms with E-state index >= 15 is 0 Å². The molecule has 0 atom stereocenters. The first-order valence-corrected chi connectivity index (χ1v) is 3.62. The summed E-state index contributed by atoms with van der Waals surface area (Å²) < 4.78 is 0. The number of pyridine rings is 1. The molecule has 1 aromatic heterocycles. The number of hydrogen-bond donors (Lipinski definition) is 1. The van der Waals surface area contributed by atoms with Crippen LogP contribution in [0.1, 0.15) is 16.8 Å². The Labute approximate surface area is 60.3 Å². The van der Waals surface area contributed by atoms with Crippen molar-refractivity contribution in [2.75, 3.05) is 0 Å². The summed E-state index contributed by atoms with van der Waals surface area (Å²) in [5.41, 5.74) is 3.96. The Balaban J connectivity index is 2.52. The summed E-state index contributed by atoms with van der Waals surface area (Å²) >= 11 is 0. The van der Waals surface area contributed by atoms with Crippen molar-refractivity contribution in [2.45, 2.75) is 20.0 Å². The van der Waals surface area contributed by atoms with Gasteiger partial charge in [-0.1, -0.05) is 0 Å². The molecule has 2 N–H and O–H groups in total. The van der Waals surface area contributed by atoms with E-state index < -0.39 is 0 Å². The van der Waals surface area contributed by atoms with Gasteiger partial charge in [-0.05, 0) is 18.6 Å². The second-order valence-electron chi connectivity index (χ2n) is 2.82. The van der Waals surface area contributed by atoms with Crippen molar-refractivity contribution in [2.24, 2.45) is 0 Å². The lowest BCUT2D eigenvalue weighted by atomic mass is 10.2. The fraction of sp³-hybridized carbons (Fsp3) is 0.375. The fourth-order valence-electron chi connectivity index (χ4n) is 1.38. The van der Waals surface area contributed by atoms with E-state index in [9.17, 15) is 0 Å². The molecule has 1 aromatic rings. The molecule has 0 amide bonds. The van der Waals surface area contributed by atoms with Crippen LogP contribution in [-0.2, 0) is 13.1 Å². The van der Waals surface area contributed by atoms with Crippen LogP contribution in [0.25, 0.3) is 0 Å². The summed E-state index contributed by atoms with van der Waals surface area (Å²) in [5, 5.41) is 2.27. The molecule has 0 radical (unpaired) electrons. The molecule has 0 aromatic carbocycles. The summed E-state index contributed by atoms with van der Waals surface area (Å²) in [4.78, 5) is 4.33. The number of nitrogens with zero attached hydrogens (tertiary/aromatic N) is 1. The average molecular weight is 135 g/mol. The normalized spacial score (nSPS) is 15.3.